The van der Waals surface area contributed by atoms with E-state index >= 15 is 0 Å². The van der Waals surface area contributed by atoms with Crippen LogP contribution < -0.4 is 0 Å². The van der Waals surface area contributed by atoms with E-state index in [1.54, 1.807) is 0 Å². The standard InChI is InChI=1S/C47H34/c1-28(2)33-24-42-39-23-32(21-30-12-7-4-8-13-30)17-19-35(39)45-26-40-37-15-9-14-36-38-22-31(20-29-10-5-3-6-11-29)16-18-34(38)44(46(36)37)27-41(40)43(25-33)47(42)45/h3-19,22-28H,20-21H2,1-2H3. The first-order valence-corrected chi connectivity index (χ1v) is 17.0. The molecule has 0 heterocycles. The SMILES string of the molecule is CC(C)c1cc2c3cc(Cc4ccccc4)ccc3c3cc4c(cc5c6ccc(Cc7ccccc7)cc6c6cccc4c65)c(c1)c23. The summed E-state index contributed by atoms with van der Waals surface area (Å²) in [5.74, 6) is 0.442. The maximum Gasteiger partial charge on any atom is -0.00197 e. The van der Waals surface area contributed by atoms with Crippen LogP contribution in [0.15, 0.2) is 140 Å². The largest absolute Gasteiger partial charge is 0.0622 e. The minimum atomic E-state index is 0.442. The molecule has 0 N–H and O–H groups in total. The first-order chi connectivity index (χ1) is 23.1. The first kappa shape index (κ1) is 26.7. The highest BCUT2D eigenvalue weighted by Gasteiger charge is 2.21. The maximum atomic E-state index is 2.51. The Labute approximate surface area is 274 Å². The highest BCUT2D eigenvalue weighted by Crippen LogP contribution is 2.48. The lowest BCUT2D eigenvalue weighted by Gasteiger charge is -2.13. The van der Waals surface area contributed by atoms with Crippen LogP contribution >= 0.6 is 0 Å². The molecular formula is C47H34. The van der Waals surface area contributed by atoms with Gasteiger partial charge in [0.1, 0.15) is 0 Å². The molecular weight excluding hydrogens is 565 g/mol. The van der Waals surface area contributed by atoms with Gasteiger partial charge in [0, 0.05) is 0 Å². The Kier molecular flexibility index (Phi) is 5.70. The third-order valence-electron chi connectivity index (χ3n) is 10.7. The van der Waals surface area contributed by atoms with Crippen LogP contribution in [0.5, 0.6) is 0 Å². The number of hydrogen-bond acceptors (Lipinski definition) is 0. The summed E-state index contributed by atoms with van der Waals surface area (Å²) < 4.78 is 0. The number of rotatable bonds is 5. The molecule has 47 heavy (non-hydrogen) atoms. The predicted octanol–water partition coefficient (Wildman–Crippen LogP) is 12.9. The van der Waals surface area contributed by atoms with Gasteiger partial charge in [0.15, 0.2) is 0 Å². The van der Waals surface area contributed by atoms with Crippen LogP contribution in [0.3, 0.4) is 0 Å². The van der Waals surface area contributed by atoms with Crippen LogP contribution in [0, 0.1) is 0 Å². The molecule has 10 aromatic carbocycles. The van der Waals surface area contributed by atoms with Crippen molar-refractivity contribution in [3.63, 3.8) is 0 Å². The van der Waals surface area contributed by atoms with E-state index in [1.807, 2.05) is 0 Å². The van der Waals surface area contributed by atoms with Gasteiger partial charge in [-0.15, -0.1) is 0 Å². The fraction of sp³-hybridized carbons (Fsp3) is 0.106. The van der Waals surface area contributed by atoms with Gasteiger partial charge < -0.3 is 0 Å². The lowest BCUT2D eigenvalue weighted by atomic mass is 9.90. The topological polar surface area (TPSA) is 0 Å². The normalized spacial score (nSPS) is 12.4. The van der Waals surface area contributed by atoms with E-state index in [4.69, 9.17) is 0 Å². The lowest BCUT2D eigenvalue weighted by Crippen LogP contribution is -1.89. The zero-order valence-corrected chi connectivity index (χ0v) is 26.8. The van der Waals surface area contributed by atoms with Crippen molar-refractivity contribution in [2.45, 2.75) is 32.6 Å². The third-order valence-corrected chi connectivity index (χ3v) is 10.7. The van der Waals surface area contributed by atoms with Crippen LogP contribution in [-0.4, -0.2) is 0 Å². The fourth-order valence-electron chi connectivity index (χ4n) is 8.44. The smallest absolute Gasteiger partial charge is 0.00197 e. The van der Waals surface area contributed by atoms with Gasteiger partial charge in [0.2, 0.25) is 0 Å². The molecule has 0 bridgehead atoms. The second-order valence-electron chi connectivity index (χ2n) is 13.9. The lowest BCUT2D eigenvalue weighted by molar-refractivity contribution is 0.870. The van der Waals surface area contributed by atoms with Gasteiger partial charge in [0.05, 0.1) is 0 Å². The van der Waals surface area contributed by atoms with Crippen molar-refractivity contribution >= 4 is 75.4 Å². The average molecular weight is 599 g/mol. The Balaban J connectivity index is 1.27. The zero-order valence-electron chi connectivity index (χ0n) is 26.8. The fourth-order valence-corrected chi connectivity index (χ4v) is 8.44. The number of hydrogen-bond donors (Lipinski definition) is 0. The summed E-state index contributed by atoms with van der Waals surface area (Å²) in [5, 5.41) is 19.3. The first-order valence-electron chi connectivity index (χ1n) is 17.0. The summed E-state index contributed by atoms with van der Waals surface area (Å²) >= 11 is 0. The third kappa shape index (κ3) is 4.01. The summed E-state index contributed by atoms with van der Waals surface area (Å²) in [5.41, 5.74) is 6.84. The molecule has 0 aliphatic rings. The summed E-state index contributed by atoms with van der Waals surface area (Å²) in [6, 6.07) is 52.9. The van der Waals surface area contributed by atoms with Crippen LogP contribution in [0.1, 0.15) is 47.6 Å². The Morgan fingerprint density at radius 3 is 1.26 bits per heavy atom. The summed E-state index contributed by atoms with van der Waals surface area (Å²) in [6.45, 7) is 4.65. The monoisotopic (exact) mass is 598 g/mol. The molecule has 0 amide bonds. The minimum Gasteiger partial charge on any atom is -0.0622 e. The number of fused-ring (bicyclic) bond motifs is 9. The van der Waals surface area contributed by atoms with E-state index in [2.05, 4.69) is 153 Å². The molecule has 222 valence electrons. The quantitative estimate of drug-likeness (QED) is 0.173. The van der Waals surface area contributed by atoms with Gasteiger partial charge >= 0.3 is 0 Å². The molecule has 0 heteroatoms. The van der Waals surface area contributed by atoms with Crippen molar-refractivity contribution in [1.29, 1.82) is 0 Å². The molecule has 0 radical (unpaired) electrons. The van der Waals surface area contributed by atoms with Crippen LogP contribution in [0.4, 0.5) is 0 Å². The van der Waals surface area contributed by atoms with E-state index in [-0.39, 0.29) is 0 Å². The molecule has 10 rings (SSSR count). The molecule has 0 atom stereocenters. The zero-order chi connectivity index (χ0) is 31.2. The highest BCUT2D eigenvalue weighted by atomic mass is 14.2. The highest BCUT2D eigenvalue weighted by molar-refractivity contribution is 6.41. The Hall–Kier alpha value is -5.46. The minimum absolute atomic E-state index is 0.442. The second-order valence-corrected chi connectivity index (χ2v) is 13.9. The van der Waals surface area contributed by atoms with Crippen LogP contribution in [-0.2, 0) is 12.8 Å². The molecule has 0 aliphatic heterocycles. The van der Waals surface area contributed by atoms with Gasteiger partial charge in [-0.3, -0.25) is 0 Å². The predicted molar refractivity (Wildman–Crippen MR) is 204 cm³/mol. The van der Waals surface area contributed by atoms with Gasteiger partial charge in [-0.05, 0) is 134 Å². The summed E-state index contributed by atoms with van der Waals surface area (Å²) in [4.78, 5) is 0. The van der Waals surface area contributed by atoms with Crippen molar-refractivity contribution in [2.24, 2.45) is 0 Å². The molecule has 0 unspecified atom stereocenters. The molecule has 0 fully saturated rings. The molecule has 0 aliphatic carbocycles. The molecule has 0 nitrogen and oxygen atoms in total. The van der Waals surface area contributed by atoms with E-state index in [0.717, 1.165) is 12.8 Å². The van der Waals surface area contributed by atoms with Crippen molar-refractivity contribution in [1.82, 2.24) is 0 Å². The van der Waals surface area contributed by atoms with Gasteiger partial charge in [-0.1, -0.05) is 141 Å². The molecule has 0 aromatic heterocycles. The summed E-state index contributed by atoms with van der Waals surface area (Å²) in [7, 11) is 0. The van der Waals surface area contributed by atoms with Gasteiger partial charge in [0.25, 0.3) is 0 Å². The average Bonchev–Trinajstić information content (AvgIpc) is 3.59. The molecule has 10 aromatic rings. The molecule has 0 spiro atoms. The van der Waals surface area contributed by atoms with Crippen molar-refractivity contribution in [3.8, 4) is 0 Å². The second kappa shape index (κ2) is 10.0. The Morgan fingerprint density at radius 1 is 0.319 bits per heavy atom. The van der Waals surface area contributed by atoms with Gasteiger partial charge in [-0.2, -0.15) is 0 Å². The van der Waals surface area contributed by atoms with Crippen molar-refractivity contribution in [3.05, 3.63) is 167 Å². The van der Waals surface area contributed by atoms with E-state index in [1.165, 1.54) is 103 Å². The number of benzene rings is 8. The molecule has 0 saturated heterocycles. The maximum absolute atomic E-state index is 2.51. The van der Waals surface area contributed by atoms with E-state index in [0.29, 0.717) is 5.92 Å². The van der Waals surface area contributed by atoms with Crippen LogP contribution in [0.2, 0.25) is 0 Å². The van der Waals surface area contributed by atoms with Crippen LogP contribution in [0.25, 0.3) is 75.4 Å². The Bertz CT molecular complexity index is 2790. The van der Waals surface area contributed by atoms with E-state index in [9.17, 15) is 0 Å². The van der Waals surface area contributed by atoms with Crippen molar-refractivity contribution < 1.29 is 0 Å². The van der Waals surface area contributed by atoms with Crippen molar-refractivity contribution in [2.75, 3.05) is 0 Å². The molecule has 0 saturated carbocycles. The van der Waals surface area contributed by atoms with Gasteiger partial charge in [-0.25, -0.2) is 0 Å². The van der Waals surface area contributed by atoms with E-state index < -0.39 is 0 Å². The Morgan fingerprint density at radius 2 is 0.745 bits per heavy atom. The summed E-state index contributed by atoms with van der Waals surface area (Å²) in [6.07, 6.45) is 1.90.